The summed E-state index contributed by atoms with van der Waals surface area (Å²) in [7, 11) is 5.11. The van der Waals surface area contributed by atoms with E-state index in [0.717, 1.165) is 82.9 Å². The molecule has 3 aromatic heterocycles. The van der Waals surface area contributed by atoms with Crippen molar-refractivity contribution < 1.29 is 28.0 Å². The first kappa shape index (κ1) is 47.7. The number of carbonyl (C=O) groups is 2. The van der Waals surface area contributed by atoms with Gasteiger partial charge in [-0.25, -0.2) is 9.48 Å². The Morgan fingerprint density at radius 1 is 1.04 bits per heavy atom. The number of esters is 1. The van der Waals surface area contributed by atoms with Gasteiger partial charge >= 0.3 is 5.97 Å². The van der Waals surface area contributed by atoms with Gasteiger partial charge in [0.25, 0.3) is 0 Å². The van der Waals surface area contributed by atoms with Crippen molar-refractivity contribution in [3.63, 3.8) is 0 Å². The molecule has 1 saturated heterocycles. The lowest BCUT2D eigenvalue weighted by Crippen LogP contribution is -2.20. The summed E-state index contributed by atoms with van der Waals surface area (Å²) in [5.41, 5.74) is 8.55. The number of benzene rings is 1. The van der Waals surface area contributed by atoms with Gasteiger partial charge in [0, 0.05) is 47.7 Å². The molecule has 1 aliphatic heterocycles. The molecule has 4 aromatic rings. The van der Waals surface area contributed by atoms with Gasteiger partial charge in [0.15, 0.2) is 6.29 Å². The Kier molecular flexibility index (Phi) is 20.5. The van der Waals surface area contributed by atoms with E-state index in [-0.39, 0.29) is 30.2 Å². The van der Waals surface area contributed by atoms with Crippen molar-refractivity contribution in [3.05, 3.63) is 57.8 Å². The maximum absolute atomic E-state index is 13.4. The Hall–Kier alpha value is -3.45. The molecular weight excluding hydrogens is 715 g/mol. The summed E-state index contributed by atoms with van der Waals surface area (Å²) >= 11 is 1.47. The number of hydrogen-bond donors (Lipinski definition) is 0. The summed E-state index contributed by atoms with van der Waals surface area (Å²) in [4.78, 5) is 24.7. The van der Waals surface area contributed by atoms with E-state index in [1.54, 1.807) is 17.8 Å². The summed E-state index contributed by atoms with van der Waals surface area (Å²) in [6.07, 6.45) is 7.05. The fraction of sp³-hybridized carbons (Fsp3) is 0.628. The van der Waals surface area contributed by atoms with E-state index in [2.05, 4.69) is 65.7 Å². The first-order valence-electron chi connectivity index (χ1n) is 20.2. The molecule has 4 heterocycles. The molecule has 308 valence electrons. The molecule has 1 aliphatic rings. The Labute approximate surface area is 335 Å². The van der Waals surface area contributed by atoms with Crippen LogP contribution in [0.15, 0.2) is 18.2 Å². The molecule has 12 heteroatoms. The number of rotatable bonds is 14. The molecule has 1 unspecified atom stereocenters. The van der Waals surface area contributed by atoms with E-state index in [4.69, 9.17) is 23.5 Å². The predicted molar refractivity (Wildman–Crippen MR) is 226 cm³/mol. The van der Waals surface area contributed by atoms with Crippen LogP contribution < -0.4 is 0 Å². The van der Waals surface area contributed by atoms with Crippen LogP contribution in [0.1, 0.15) is 157 Å². The molecule has 0 spiro atoms. The Balaban J connectivity index is 0.00000140. The van der Waals surface area contributed by atoms with Gasteiger partial charge < -0.3 is 23.0 Å². The zero-order valence-electron chi connectivity index (χ0n) is 36.3. The predicted octanol–water partition coefficient (Wildman–Crippen LogP) is 10.5. The van der Waals surface area contributed by atoms with Crippen LogP contribution in [0, 0.1) is 6.92 Å². The molecule has 0 saturated carbocycles. The zero-order valence-corrected chi connectivity index (χ0v) is 37.1. The van der Waals surface area contributed by atoms with Crippen molar-refractivity contribution in [2.24, 2.45) is 14.1 Å². The van der Waals surface area contributed by atoms with Crippen LogP contribution in [0.25, 0.3) is 22.0 Å². The van der Waals surface area contributed by atoms with Crippen molar-refractivity contribution in [2.45, 2.75) is 145 Å². The summed E-state index contributed by atoms with van der Waals surface area (Å²) in [5, 5.41) is 10.5. The number of aryl methyl sites for hydroxylation is 4. The van der Waals surface area contributed by atoms with Crippen LogP contribution in [0.3, 0.4) is 0 Å². The van der Waals surface area contributed by atoms with Crippen LogP contribution in [-0.2, 0) is 58.5 Å². The van der Waals surface area contributed by atoms with Gasteiger partial charge in [0.2, 0.25) is 0 Å². The van der Waals surface area contributed by atoms with Crippen molar-refractivity contribution >= 4 is 35.2 Å². The molecule has 0 N–H and O–H groups in total. The first-order chi connectivity index (χ1) is 26.4. The van der Waals surface area contributed by atoms with Crippen molar-refractivity contribution in [1.29, 1.82) is 0 Å². The van der Waals surface area contributed by atoms with Crippen LogP contribution >= 0.6 is 12.0 Å². The molecule has 0 aliphatic carbocycles. The van der Waals surface area contributed by atoms with Crippen LogP contribution in [0.4, 0.5) is 0 Å². The lowest BCUT2D eigenvalue weighted by atomic mass is 9.92. The van der Waals surface area contributed by atoms with E-state index >= 15 is 0 Å². The highest BCUT2D eigenvalue weighted by Gasteiger charge is 2.30. The Morgan fingerprint density at radius 2 is 1.73 bits per heavy atom. The molecule has 0 bridgehead atoms. The van der Waals surface area contributed by atoms with E-state index in [9.17, 15) is 9.59 Å². The van der Waals surface area contributed by atoms with Gasteiger partial charge in [-0.2, -0.15) is 10.2 Å². The number of methoxy groups -OCH3 is 1. The number of aldehydes is 1. The molecule has 1 fully saturated rings. The van der Waals surface area contributed by atoms with Gasteiger partial charge in [-0.15, -0.1) is 0 Å². The largest absolute Gasteiger partial charge is 0.464 e. The average Bonchev–Trinajstić information content (AvgIpc) is 3.81. The summed E-state index contributed by atoms with van der Waals surface area (Å²) in [6, 6.07) is 6.04. The van der Waals surface area contributed by atoms with Crippen molar-refractivity contribution in [1.82, 2.24) is 24.1 Å². The Morgan fingerprint density at radius 3 is 2.29 bits per heavy atom. The zero-order chi connectivity index (χ0) is 41.3. The molecule has 1 aromatic carbocycles. The van der Waals surface area contributed by atoms with Crippen molar-refractivity contribution in [3.8, 4) is 11.1 Å². The maximum atomic E-state index is 13.4. The number of nitrogens with zero attached hydrogens (tertiary/aromatic N) is 5. The van der Waals surface area contributed by atoms with E-state index < -0.39 is 0 Å². The summed E-state index contributed by atoms with van der Waals surface area (Å²) in [5.74, 6) is -0.366. The highest BCUT2D eigenvalue weighted by atomic mass is 32.2. The van der Waals surface area contributed by atoms with Crippen LogP contribution in [0.2, 0.25) is 0 Å². The van der Waals surface area contributed by atoms with Gasteiger partial charge in [-0.1, -0.05) is 67.0 Å². The summed E-state index contributed by atoms with van der Waals surface area (Å²) < 4.78 is 29.2. The van der Waals surface area contributed by atoms with Crippen LogP contribution in [0.5, 0.6) is 0 Å². The second kappa shape index (κ2) is 23.6. The quantitative estimate of drug-likeness (QED) is 0.0534. The third kappa shape index (κ3) is 12.3. The molecule has 0 radical (unpaired) electrons. The van der Waals surface area contributed by atoms with Gasteiger partial charge in [0.05, 0.1) is 43.8 Å². The van der Waals surface area contributed by atoms with Crippen LogP contribution in [-0.4, -0.2) is 61.5 Å². The second-order valence-electron chi connectivity index (χ2n) is 14.0. The monoisotopic (exact) mass is 783 g/mol. The molecule has 11 nitrogen and oxygen atoms in total. The maximum Gasteiger partial charge on any atom is 0.354 e. The highest BCUT2D eigenvalue weighted by molar-refractivity contribution is 7.96. The standard InChI is InChI=1S/C36H49N5O6S.C3H8.2C2H6/c1-9-24-15-16-28-27(13-12-18-47-48-36(3,4)5)34(35(43)44-8)39(6)33(28)32(24)31-23(2)41(30-14-10-11-17-46-30)38-29(31)22-45-21-25-19-26(20-42)40(7)37-25;1-3-2;2*1-2/h15-16,19-20,30H,9-14,17-18,21-22H2,1-8H3;3H2,1-2H3;2*1-2H3. The number of ether oxygens (including phenoxy) is 3. The average molecular weight is 784 g/mol. The molecule has 0 amide bonds. The smallest absolute Gasteiger partial charge is 0.354 e. The number of hydrogen-bond acceptors (Lipinski definition) is 9. The third-order valence-electron chi connectivity index (χ3n) is 8.75. The van der Waals surface area contributed by atoms with E-state index in [1.807, 2.05) is 44.0 Å². The number of aromatic nitrogens is 5. The van der Waals surface area contributed by atoms with Gasteiger partial charge in [-0.3, -0.25) is 9.48 Å². The normalized spacial score (nSPS) is 14.0. The lowest BCUT2D eigenvalue weighted by Gasteiger charge is -2.24. The highest BCUT2D eigenvalue weighted by Crippen LogP contribution is 2.42. The second-order valence-corrected chi connectivity index (χ2v) is 15.7. The fourth-order valence-corrected chi connectivity index (χ4v) is 7.11. The minimum atomic E-state index is -0.366. The topological polar surface area (TPSA) is 112 Å². The molecular formula is C43H69N5O6S. The Bertz CT molecular complexity index is 1780. The van der Waals surface area contributed by atoms with Gasteiger partial charge in [0.1, 0.15) is 17.6 Å². The molecule has 1 atom stereocenters. The number of carbonyl (C=O) groups excluding carboxylic acids is 2. The summed E-state index contributed by atoms with van der Waals surface area (Å²) in [6.45, 7) is 24.6. The molecule has 5 rings (SSSR count). The van der Waals surface area contributed by atoms with E-state index in [1.165, 1.54) is 25.6 Å². The lowest BCUT2D eigenvalue weighted by molar-refractivity contribution is -0.0411. The third-order valence-corrected chi connectivity index (χ3v) is 9.53. The first-order valence-corrected chi connectivity index (χ1v) is 20.9. The SMILES string of the molecule is CC.CC.CCC.CCc1ccc2c(CCCOSC(C)(C)C)c(C(=O)OC)n(C)c2c1-c1c(COCc2cc(C=O)n(C)n2)nn(C2CCCCO2)c1C. The van der Waals surface area contributed by atoms with E-state index in [0.29, 0.717) is 36.7 Å². The fourth-order valence-electron chi connectivity index (χ4n) is 6.55. The van der Waals surface area contributed by atoms with Gasteiger partial charge in [-0.05, 0) is 95.5 Å². The minimum Gasteiger partial charge on any atom is -0.464 e. The molecule has 55 heavy (non-hydrogen) atoms. The van der Waals surface area contributed by atoms with Crippen molar-refractivity contribution in [2.75, 3.05) is 20.3 Å². The number of fused-ring (bicyclic) bond motifs is 1. The minimum absolute atomic E-state index is 0.00449.